The van der Waals surface area contributed by atoms with Crippen LogP contribution in [-0.4, -0.2) is 23.2 Å². The Kier molecular flexibility index (Phi) is 3.21. The fraction of sp³-hybridized carbons (Fsp3) is 0.214. The van der Waals surface area contributed by atoms with Crippen molar-refractivity contribution in [1.82, 2.24) is 4.98 Å². The van der Waals surface area contributed by atoms with Crippen molar-refractivity contribution in [3.63, 3.8) is 0 Å². The zero-order valence-corrected chi connectivity index (χ0v) is 11.1. The number of carbonyl (C=O) groups is 1. The number of aromatic amines is 1. The van der Waals surface area contributed by atoms with E-state index in [1.807, 2.05) is 26.0 Å². The summed E-state index contributed by atoms with van der Waals surface area (Å²) in [6.45, 7) is 3.86. The average Bonchev–Trinajstić information content (AvgIpc) is 2.74. The monoisotopic (exact) mass is 260 g/mol. The first-order valence-electron chi connectivity index (χ1n) is 5.82. The molecule has 2 aromatic rings. The highest BCUT2D eigenvalue weighted by Gasteiger charge is 2.19. The number of ether oxygens (including phenoxy) is 1. The van der Waals surface area contributed by atoms with Crippen LogP contribution in [-0.2, 0) is 0 Å². The van der Waals surface area contributed by atoms with Crippen molar-refractivity contribution >= 4 is 11.7 Å². The van der Waals surface area contributed by atoms with E-state index in [2.05, 4.69) is 4.98 Å². The minimum absolute atomic E-state index is 0.104. The fourth-order valence-corrected chi connectivity index (χ4v) is 2.17. The molecule has 0 saturated heterocycles. The van der Waals surface area contributed by atoms with Gasteiger partial charge in [-0.3, -0.25) is 0 Å². The van der Waals surface area contributed by atoms with E-state index in [0.717, 1.165) is 22.4 Å². The summed E-state index contributed by atoms with van der Waals surface area (Å²) < 4.78 is 5.25. The summed E-state index contributed by atoms with van der Waals surface area (Å²) in [5.41, 5.74) is 9.30. The number of H-pyrrole nitrogens is 1. The van der Waals surface area contributed by atoms with Gasteiger partial charge in [0.05, 0.1) is 18.5 Å². The number of nitrogen functional groups attached to an aromatic ring is 1. The lowest BCUT2D eigenvalue weighted by molar-refractivity contribution is 0.0699. The number of aromatic nitrogens is 1. The maximum absolute atomic E-state index is 11.3. The number of carboxylic acid groups (broad SMARTS) is 1. The number of hydrogen-bond acceptors (Lipinski definition) is 3. The molecule has 1 heterocycles. The Bertz CT molecular complexity index is 644. The van der Waals surface area contributed by atoms with E-state index in [1.54, 1.807) is 7.11 Å². The molecule has 5 nitrogen and oxygen atoms in total. The molecule has 0 bridgehead atoms. The molecule has 0 saturated carbocycles. The van der Waals surface area contributed by atoms with E-state index in [1.165, 1.54) is 6.20 Å². The molecule has 4 N–H and O–H groups in total. The largest absolute Gasteiger partial charge is 0.496 e. The van der Waals surface area contributed by atoms with Gasteiger partial charge in [0.15, 0.2) is 0 Å². The number of benzene rings is 1. The molecule has 0 spiro atoms. The fourth-order valence-electron chi connectivity index (χ4n) is 2.17. The van der Waals surface area contributed by atoms with Gasteiger partial charge in [0.25, 0.3) is 0 Å². The van der Waals surface area contributed by atoms with Gasteiger partial charge in [-0.05, 0) is 37.1 Å². The summed E-state index contributed by atoms with van der Waals surface area (Å²) in [4.78, 5) is 14.2. The molecule has 19 heavy (non-hydrogen) atoms. The summed E-state index contributed by atoms with van der Waals surface area (Å²) in [5.74, 6) is -0.265. The molecule has 5 heteroatoms. The number of nitrogens with two attached hydrogens (primary N) is 1. The Balaban J connectivity index is 2.67. The first-order valence-corrected chi connectivity index (χ1v) is 5.82. The summed E-state index contributed by atoms with van der Waals surface area (Å²) >= 11 is 0. The number of nitrogens with one attached hydrogen (secondary N) is 1. The zero-order valence-electron chi connectivity index (χ0n) is 11.1. The molecule has 0 unspecified atom stereocenters. The molecular formula is C14H16N2O3. The lowest BCUT2D eigenvalue weighted by atomic mass is 9.98. The van der Waals surface area contributed by atoms with Crippen molar-refractivity contribution in [2.24, 2.45) is 0 Å². The molecule has 2 rings (SSSR count). The van der Waals surface area contributed by atoms with E-state index in [0.29, 0.717) is 5.69 Å². The third-order valence-electron chi connectivity index (χ3n) is 3.35. The number of aromatic carboxylic acids is 1. The Labute approximate surface area is 111 Å². The van der Waals surface area contributed by atoms with Gasteiger partial charge in [0, 0.05) is 11.8 Å². The predicted molar refractivity (Wildman–Crippen MR) is 73.6 cm³/mol. The zero-order chi connectivity index (χ0) is 14.2. The van der Waals surface area contributed by atoms with E-state index >= 15 is 0 Å². The number of rotatable bonds is 3. The molecule has 0 aliphatic heterocycles. The summed E-state index contributed by atoms with van der Waals surface area (Å²) in [6.07, 6.45) is 1.50. The number of methoxy groups -OCH3 is 1. The van der Waals surface area contributed by atoms with Gasteiger partial charge in [0.2, 0.25) is 0 Å². The molecule has 0 aliphatic carbocycles. The summed E-state index contributed by atoms with van der Waals surface area (Å²) in [7, 11) is 1.61. The smallest absolute Gasteiger partial charge is 0.340 e. The van der Waals surface area contributed by atoms with Crippen LogP contribution in [0.4, 0.5) is 5.69 Å². The normalized spacial score (nSPS) is 10.5. The molecule has 0 aliphatic rings. The van der Waals surface area contributed by atoms with Crippen LogP contribution in [0, 0.1) is 13.8 Å². The molecule has 0 amide bonds. The number of carboxylic acids is 1. The molecule has 100 valence electrons. The van der Waals surface area contributed by atoms with Crippen LogP contribution in [0.1, 0.15) is 21.5 Å². The van der Waals surface area contributed by atoms with Crippen molar-refractivity contribution < 1.29 is 14.6 Å². The SMILES string of the molecule is COc1ccc(-c2[nH]cc(N)c2C(=O)O)c(C)c1C. The van der Waals surface area contributed by atoms with Gasteiger partial charge in [-0.2, -0.15) is 0 Å². The van der Waals surface area contributed by atoms with E-state index in [4.69, 9.17) is 10.5 Å². The van der Waals surface area contributed by atoms with Crippen LogP contribution in [0.15, 0.2) is 18.3 Å². The topological polar surface area (TPSA) is 88.3 Å². The van der Waals surface area contributed by atoms with Crippen molar-refractivity contribution in [2.45, 2.75) is 13.8 Å². The standard InChI is InChI=1S/C14H16N2O3/c1-7-8(2)11(19-3)5-4-9(7)13-12(14(17)18)10(15)6-16-13/h4-6,16H,15H2,1-3H3,(H,17,18). The first kappa shape index (κ1) is 13.0. The summed E-state index contributed by atoms with van der Waals surface area (Å²) in [5, 5.41) is 9.23. The maximum atomic E-state index is 11.3. The number of hydrogen-bond donors (Lipinski definition) is 3. The van der Waals surface area contributed by atoms with Gasteiger partial charge in [-0.25, -0.2) is 4.79 Å². The van der Waals surface area contributed by atoms with Crippen LogP contribution in [0.25, 0.3) is 11.3 Å². The second-order valence-corrected chi connectivity index (χ2v) is 4.36. The van der Waals surface area contributed by atoms with Gasteiger partial charge < -0.3 is 20.6 Å². The Morgan fingerprint density at radius 2 is 2.00 bits per heavy atom. The maximum Gasteiger partial charge on any atom is 0.340 e. The second-order valence-electron chi connectivity index (χ2n) is 4.36. The molecule has 0 atom stereocenters. The van der Waals surface area contributed by atoms with Crippen molar-refractivity contribution in [1.29, 1.82) is 0 Å². The van der Waals surface area contributed by atoms with Gasteiger partial charge in [0.1, 0.15) is 11.3 Å². The van der Waals surface area contributed by atoms with Crippen molar-refractivity contribution in [3.05, 3.63) is 35.0 Å². The van der Waals surface area contributed by atoms with Crippen LogP contribution in [0.3, 0.4) is 0 Å². The van der Waals surface area contributed by atoms with Gasteiger partial charge in [-0.15, -0.1) is 0 Å². The van der Waals surface area contributed by atoms with Crippen LogP contribution < -0.4 is 10.5 Å². The highest BCUT2D eigenvalue weighted by atomic mass is 16.5. The lowest BCUT2D eigenvalue weighted by Gasteiger charge is -2.12. The minimum Gasteiger partial charge on any atom is -0.496 e. The minimum atomic E-state index is -1.04. The van der Waals surface area contributed by atoms with Crippen molar-refractivity contribution in [2.75, 3.05) is 12.8 Å². The first-order chi connectivity index (χ1) is 8.97. The van der Waals surface area contributed by atoms with Crippen LogP contribution in [0.5, 0.6) is 5.75 Å². The van der Waals surface area contributed by atoms with Crippen LogP contribution >= 0.6 is 0 Å². The van der Waals surface area contributed by atoms with Gasteiger partial charge in [-0.1, -0.05) is 0 Å². The van der Waals surface area contributed by atoms with E-state index in [9.17, 15) is 9.90 Å². The molecule has 0 radical (unpaired) electrons. The lowest BCUT2D eigenvalue weighted by Crippen LogP contribution is -2.02. The average molecular weight is 260 g/mol. The van der Waals surface area contributed by atoms with Gasteiger partial charge >= 0.3 is 5.97 Å². The predicted octanol–water partition coefficient (Wildman–Crippen LogP) is 2.59. The summed E-state index contributed by atoms with van der Waals surface area (Å²) in [6, 6.07) is 3.65. The highest BCUT2D eigenvalue weighted by molar-refractivity contribution is 6.01. The molecule has 1 aromatic carbocycles. The van der Waals surface area contributed by atoms with Crippen LogP contribution in [0.2, 0.25) is 0 Å². The molecular weight excluding hydrogens is 244 g/mol. The highest BCUT2D eigenvalue weighted by Crippen LogP contribution is 2.34. The third-order valence-corrected chi connectivity index (χ3v) is 3.35. The quantitative estimate of drug-likeness (QED) is 0.791. The van der Waals surface area contributed by atoms with E-state index < -0.39 is 5.97 Å². The molecule has 1 aromatic heterocycles. The Morgan fingerprint density at radius 3 is 2.58 bits per heavy atom. The second kappa shape index (κ2) is 4.68. The van der Waals surface area contributed by atoms with Crippen molar-refractivity contribution in [3.8, 4) is 17.0 Å². The molecule has 0 fully saturated rings. The Morgan fingerprint density at radius 1 is 1.32 bits per heavy atom. The van der Waals surface area contributed by atoms with E-state index in [-0.39, 0.29) is 11.3 Å². The third kappa shape index (κ3) is 2.03. The Hall–Kier alpha value is -2.43. The number of anilines is 1.